The quantitative estimate of drug-likeness (QED) is 0.388. The topological polar surface area (TPSA) is 84.4 Å². The van der Waals surface area contributed by atoms with Gasteiger partial charge in [-0.15, -0.1) is 0 Å². The van der Waals surface area contributed by atoms with Crippen molar-refractivity contribution in [1.82, 2.24) is 9.97 Å². The van der Waals surface area contributed by atoms with E-state index in [0.29, 0.717) is 31.0 Å². The summed E-state index contributed by atoms with van der Waals surface area (Å²) < 4.78 is 32.7. The second kappa shape index (κ2) is 10.9. The number of halogens is 2. The van der Waals surface area contributed by atoms with Crippen molar-refractivity contribution >= 4 is 23.3 Å². The number of methoxy groups -OCH3 is 1. The standard InChI is InChI=1S/C29H32F2N4O3/c1-17(2)35-26(36)14-19(9-11-38-5)24-12-21(16-33-27(24)35)23-15-22(7-6-18(23)3)34-28(37)20-8-10-32-25(13-20)29(4,30)31/h6-8,10,12-13,15-17,19H,9,11,14H2,1-5H3,(H,34,37). The van der Waals surface area contributed by atoms with E-state index < -0.39 is 17.5 Å². The first-order valence-electron chi connectivity index (χ1n) is 12.6. The van der Waals surface area contributed by atoms with Crippen molar-refractivity contribution in [2.24, 2.45) is 0 Å². The van der Waals surface area contributed by atoms with Crippen LogP contribution in [0.4, 0.5) is 20.3 Å². The van der Waals surface area contributed by atoms with Gasteiger partial charge in [0.05, 0.1) is 0 Å². The Kier molecular flexibility index (Phi) is 7.87. The van der Waals surface area contributed by atoms with Crippen LogP contribution in [0.2, 0.25) is 0 Å². The zero-order valence-corrected chi connectivity index (χ0v) is 22.2. The molecule has 1 unspecified atom stereocenters. The summed E-state index contributed by atoms with van der Waals surface area (Å²) >= 11 is 0. The molecule has 0 fully saturated rings. The van der Waals surface area contributed by atoms with Crippen molar-refractivity contribution in [2.45, 2.75) is 58.4 Å². The van der Waals surface area contributed by atoms with Gasteiger partial charge in [0.2, 0.25) is 5.91 Å². The number of benzene rings is 1. The van der Waals surface area contributed by atoms with E-state index >= 15 is 0 Å². The second-order valence-corrected chi connectivity index (χ2v) is 9.98. The Bertz CT molecular complexity index is 1350. The molecule has 38 heavy (non-hydrogen) atoms. The van der Waals surface area contributed by atoms with Crippen molar-refractivity contribution in [3.8, 4) is 11.1 Å². The van der Waals surface area contributed by atoms with Gasteiger partial charge in [0, 0.05) is 62.3 Å². The molecule has 1 atom stereocenters. The zero-order chi connectivity index (χ0) is 27.6. The molecule has 0 radical (unpaired) electrons. The summed E-state index contributed by atoms with van der Waals surface area (Å²) in [6.07, 6.45) is 4.03. The van der Waals surface area contributed by atoms with Gasteiger partial charge in [0.15, 0.2) is 0 Å². The van der Waals surface area contributed by atoms with Crippen LogP contribution in [0.3, 0.4) is 0 Å². The molecule has 0 spiro atoms. The minimum atomic E-state index is -3.15. The van der Waals surface area contributed by atoms with Crippen LogP contribution in [-0.4, -0.2) is 41.5 Å². The smallest absolute Gasteiger partial charge is 0.286 e. The lowest BCUT2D eigenvalue weighted by atomic mass is 9.86. The van der Waals surface area contributed by atoms with Crippen LogP contribution < -0.4 is 10.2 Å². The summed E-state index contributed by atoms with van der Waals surface area (Å²) in [4.78, 5) is 35.9. The number of anilines is 2. The number of fused-ring (bicyclic) bond motifs is 1. The Labute approximate surface area is 221 Å². The Balaban J connectivity index is 1.67. The molecule has 1 aliphatic rings. The third-order valence-electron chi connectivity index (χ3n) is 6.72. The first-order chi connectivity index (χ1) is 18.0. The first kappa shape index (κ1) is 27.3. The monoisotopic (exact) mass is 522 g/mol. The maximum absolute atomic E-state index is 13.7. The number of hydrogen-bond donors (Lipinski definition) is 1. The molecule has 9 heteroatoms. The SMILES string of the molecule is COCCC1CC(=O)N(C(C)C)c2ncc(-c3cc(NC(=O)c4ccnc(C(C)(F)F)c4)ccc3C)cc21. The fraction of sp³-hybridized carbons (Fsp3) is 0.379. The molecular weight excluding hydrogens is 490 g/mol. The van der Waals surface area contributed by atoms with Gasteiger partial charge in [-0.25, -0.2) is 4.98 Å². The summed E-state index contributed by atoms with van der Waals surface area (Å²) in [6.45, 7) is 7.18. The number of amides is 2. The summed E-state index contributed by atoms with van der Waals surface area (Å²) in [7, 11) is 1.64. The minimum absolute atomic E-state index is 0.0133. The second-order valence-electron chi connectivity index (χ2n) is 9.98. The van der Waals surface area contributed by atoms with Gasteiger partial charge < -0.3 is 10.1 Å². The Morgan fingerprint density at radius 1 is 1.21 bits per heavy atom. The largest absolute Gasteiger partial charge is 0.385 e. The number of hydrogen-bond acceptors (Lipinski definition) is 5. The molecule has 1 N–H and O–H groups in total. The number of rotatable bonds is 8. The fourth-order valence-corrected chi connectivity index (χ4v) is 4.74. The van der Waals surface area contributed by atoms with E-state index in [4.69, 9.17) is 9.72 Å². The number of alkyl halides is 2. The number of carbonyl (C=O) groups excluding carboxylic acids is 2. The highest BCUT2D eigenvalue weighted by Crippen LogP contribution is 2.40. The highest BCUT2D eigenvalue weighted by Gasteiger charge is 2.34. The van der Waals surface area contributed by atoms with Crippen LogP contribution >= 0.6 is 0 Å². The normalized spacial score (nSPS) is 15.5. The van der Waals surface area contributed by atoms with Crippen LogP contribution in [0.25, 0.3) is 11.1 Å². The van der Waals surface area contributed by atoms with Gasteiger partial charge in [-0.2, -0.15) is 8.78 Å². The highest BCUT2D eigenvalue weighted by molar-refractivity contribution is 6.04. The van der Waals surface area contributed by atoms with E-state index in [2.05, 4.69) is 16.4 Å². The molecule has 2 aromatic heterocycles. The van der Waals surface area contributed by atoms with Crippen molar-refractivity contribution in [3.63, 3.8) is 0 Å². The molecule has 2 amide bonds. The molecular formula is C29H32F2N4O3. The molecule has 0 saturated carbocycles. The number of aromatic nitrogens is 2. The molecule has 1 aromatic carbocycles. The summed E-state index contributed by atoms with van der Waals surface area (Å²) in [5.74, 6) is -2.95. The molecule has 1 aliphatic heterocycles. The summed E-state index contributed by atoms with van der Waals surface area (Å²) in [6, 6.07) is 10.0. The van der Waals surface area contributed by atoms with Crippen LogP contribution in [0.15, 0.2) is 48.8 Å². The van der Waals surface area contributed by atoms with E-state index in [-0.39, 0.29) is 23.4 Å². The lowest BCUT2D eigenvalue weighted by Gasteiger charge is -2.35. The van der Waals surface area contributed by atoms with E-state index in [0.717, 1.165) is 35.2 Å². The number of ether oxygens (including phenoxy) is 1. The van der Waals surface area contributed by atoms with Crippen molar-refractivity contribution in [1.29, 1.82) is 0 Å². The molecule has 3 aromatic rings. The van der Waals surface area contributed by atoms with Crippen LogP contribution in [0.5, 0.6) is 0 Å². The van der Waals surface area contributed by atoms with Crippen molar-refractivity contribution in [2.75, 3.05) is 23.9 Å². The van der Waals surface area contributed by atoms with Crippen molar-refractivity contribution in [3.05, 3.63) is 71.2 Å². The molecule has 0 saturated heterocycles. The molecule has 7 nitrogen and oxygen atoms in total. The average Bonchev–Trinajstić information content (AvgIpc) is 2.87. The number of carbonyl (C=O) groups is 2. The lowest BCUT2D eigenvalue weighted by molar-refractivity contribution is -0.119. The van der Waals surface area contributed by atoms with Crippen LogP contribution in [0.1, 0.15) is 66.7 Å². The number of aryl methyl sites for hydroxylation is 1. The highest BCUT2D eigenvalue weighted by atomic mass is 19.3. The average molecular weight is 523 g/mol. The molecule has 0 aliphatic carbocycles. The number of nitrogens with one attached hydrogen (secondary N) is 1. The zero-order valence-electron chi connectivity index (χ0n) is 22.2. The summed E-state index contributed by atoms with van der Waals surface area (Å²) in [5, 5.41) is 2.80. The predicted molar refractivity (Wildman–Crippen MR) is 143 cm³/mol. The van der Waals surface area contributed by atoms with Gasteiger partial charge in [-0.3, -0.25) is 19.5 Å². The number of pyridine rings is 2. The minimum Gasteiger partial charge on any atom is -0.385 e. The van der Waals surface area contributed by atoms with Crippen LogP contribution in [0, 0.1) is 6.92 Å². The lowest BCUT2D eigenvalue weighted by Crippen LogP contribution is -2.42. The Hall–Kier alpha value is -3.72. The van der Waals surface area contributed by atoms with Crippen molar-refractivity contribution < 1.29 is 23.1 Å². The van der Waals surface area contributed by atoms with Gasteiger partial charge in [-0.05, 0) is 80.1 Å². The van der Waals surface area contributed by atoms with Crippen LogP contribution in [-0.2, 0) is 15.5 Å². The number of nitrogens with zero attached hydrogens (tertiary/aromatic N) is 3. The summed E-state index contributed by atoms with van der Waals surface area (Å²) in [5.41, 5.74) is 3.83. The van der Waals surface area contributed by atoms with Gasteiger partial charge in [0.25, 0.3) is 11.8 Å². The molecule has 4 rings (SSSR count). The van der Waals surface area contributed by atoms with E-state index in [1.165, 1.54) is 12.3 Å². The Morgan fingerprint density at radius 2 is 1.97 bits per heavy atom. The third-order valence-corrected chi connectivity index (χ3v) is 6.72. The van der Waals surface area contributed by atoms with E-state index in [1.807, 2.05) is 32.9 Å². The molecule has 200 valence electrons. The van der Waals surface area contributed by atoms with Gasteiger partial charge >= 0.3 is 0 Å². The van der Waals surface area contributed by atoms with E-state index in [1.54, 1.807) is 24.3 Å². The van der Waals surface area contributed by atoms with Gasteiger partial charge in [-0.1, -0.05) is 6.07 Å². The maximum Gasteiger partial charge on any atom is 0.286 e. The molecule has 0 bridgehead atoms. The fourth-order valence-electron chi connectivity index (χ4n) is 4.74. The maximum atomic E-state index is 13.7. The third kappa shape index (κ3) is 5.72. The molecule has 3 heterocycles. The van der Waals surface area contributed by atoms with E-state index in [9.17, 15) is 18.4 Å². The van der Waals surface area contributed by atoms with Gasteiger partial charge in [0.1, 0.15) is 11.5 Å². The Morgan fingerprint density at radius 3 is 2.66 bits per heavy atom. The first-order valence-corrected chi connectivity index (χ1v) is 12.6. The predicted octanol–water partition coefficient (Wildman–Crippen LogP) is 6.08.